The fourth-order valence-electron chi connectivity index (χ4n) is 3.85. The average Bonchev–Trinajstić information content (AvgIpc) is 3.28. The number of fused-ring (bicyclic) bond motifs is 3. The zero-order valence-corrected chi connectivity index (χ0v) is 19.0. The Morgan fingerprint density at radius 2 is 1.78 bits per heavy atom. The van der Waals surface area contributed by atoms with E-state index < -0.39 is 18.0 Å². The molecule has 36 heavy (non-hydrogen) atoms. The van der Waals surface area contributed by atoms with E-state index in [1.54, 1.807) is 52.9 Å². The molecule has 1 amide bonds. The van der Waals surface area contributed by atoms with E-state index >= 15 is 0 Å². The van der Waals surface area contributed by atoms with Crippen LogP contribution in [-0.4, -0.2) is 26.2 Å². The number of amides is 1. The molecule has 7 nitrogen and oxygen atoms in total. The van der Waals surface area contributed by atoms with Crippen LogP contribution in [0.1, 0.15) is 16.1 Å². The van der Waals surface area contributed by atoms with E-state index in [2.05, 4.69) is 15.0 Å². The summed E-state index contributed by atoms with van der Waals surface area (Å²) in [4.78, 5) is 30.7. The van der Waals surface area contributed by atoms with E-state index in [1.807, 2.05) is 0 Å². The molecule has 0 bridgehead atoms. The van der Waals surface area contributed by atoms with Gasteiger partial charge < -0.3 is 10.1 Å². The molecule has 5 aromatic rings. The number of rotatable bonds is 5. The van der Waals surface area contributed by atoms with Crippen LogP contribution in [0.2, 0.25) is 5.02 Å². The third-order valence-corrected chi connectivity index (χ3v) is 5.78. The number of para-hydroxylation sites is 1. The second kappa shape index (κ2) is 9.04. The summed E-state index contributed by atoms with van der Waals surface area (Å²) in [7, 11) is 0. The van der Waals surface area contributed by atoms with Crippen LogP contribution in [-0.2, 0) is 6.54 Å². The van der Waals surface area contributed by atoms with Gasteiger partial charge in [0.25, 0.3) is 11.5 Å². The summed E-state index contributed by atoms with van der Waals surface area (Å²) < 4.78 is 44.6. The van der Waals surface area contributed by atoms with Gasteiger partial charge in [0.1, 0.15) is 11.4 Å². The second-order valence-electron chi connectivity index (χ2n) is 7.83. The molecule has 2 heterocycles. The molecule has 0 radical (unpaired) electrons. The predicted octanol–water partition coefficient (Wildman–Crippen LogP) is 5.50. The Balaban J connectivity index is 1.57. The highest BCUT2D eigenvalue weighted by molar-refractivity contribution is 6.31. The lowest BCUT2D eigenvalue weighted by atomic mass is 10.2. The minimum absolute atomic E-state index is 0.0409. The number of hydrogen-bond acceptors (Lipinski definition) is 4. The van der Waals surface area contributed by atoms with Crippen molar-refractivity contribution in [2.24, 2.45) is 0 Å². The van der Waals surface area contributed by atoms with Crippen molar-refractivity contribution < 1.29 is 22.7 Å². The Morgan fingerprint density at radius 1 is 1.03 bits per heavy atom. The summed E-state index contributed by atoms with van der Waals surface area (Å²) in [6.07, 6.45) is -3.40. The van der Waals surface area contributed by atoms with Crippen molar-refractivity contribution in [1.29, 1.82) is 0 Å². The van der Waals surface area contributed by atoms with E-state index in [0.717, 1.165) is 12.1 Å². The standard InChI is InChI=1S/C25H16ClF3N4O3/c26-19-10-3-1-6-15(19)13-33-23(35)18-9-2-4-11-21(18)32-14-20(31-24(32)33)22(34)30-16-7-5-8-17(12-16)36-25(27,28)29/h1-12,14H,13H2,(H,30,34). The number of benzene rings is 3. The lowest BCUT2D eigenvalue weighted by Gasteiger charge is -2.11. The first kappa shape index (κ1) is 23.4. The second-order valence-corrected chi connectivity index (χ2v) is 8.23. The molecule has 0 aliphatic carbocycles. The van der Waals surface area contributed by atoms with Crippen LogP contribution in [0.15, 0.2) is 83.8 Å². The maximum atomic E-state index is 13.3. The summed E-state index contributed by atoms with van der Waals surface area (Å²) in [5.74, 6) is -0.948. The van der Waals surface area contributed by atoms with Gasteiger partial charge in [0, 0.05) is 23.0 Å². The van der Waals surface area contributed by atoms with Crippen LogP contribution in [0.4, 0.5) is 18.9 Å². The molecule has 11 heteroatoms. The predicted molar refractivity (Wildman–Crippen MR) is 129 cm³/mol. The van der Waals surface area contributed by atoms with Crippen molar-refractivity contribution in [1.82, 2.24) is 14.0 Å². The summed E-state index contributed by atoms with van der Waals surface area (Å²) in [6, 6.07) is 18.8. The normalized spacial score (nSPS) is 11.7. The molecule has 0 aliphatic rings. The molecule has 0 unspecified atom stereocenters. The largest absolute Gasteiger partial charge is 0.573 e. The Kier molecular flexibility index (Phi) is 5.89. The highest BCUT2D eigenvalue weighted by Gasteiger charge is 2.31. The van der Waals surface area contributed by atoms with Crippen LogP contribution in [0.25, 0.3) is 16.7 Å². The van der Waals surface area contributed by atoms with E-state index in [1.165, 1.54) is 22.9 Å². The molecule has 0 aliphatic heterocycles. The summed E-state index contributed by atoms with van der Waals surface area (Å²) in [5.41, 5.74) is 0.958. The first-order valence-corrected chi connectivity index (χ1v) is 11.0. The molecule has 0 saturated heterocycles. The minimum Gasteiger partial charge on any atom is -0.406 e. The van der Waals surface area contributed by atoms with Crippen molar-refractivity contribution >= 4 is 39.9 Å². The van der Waals surface area contributed by atoms with Crippen molar-refractivity contribution in [3.8, 4) is 5.75 Å². The van der Waals surface area contributed by atoms with Crippen LogP contribution in [0.5, 0.6) is 5.75 Å². The number of nitrogens with zero attached hydrogens (tertiary/aromatic N) is 3. The highest BCUT2D eigenvalue weighted by Crippen LogP contribution is 2.25. The minimum atomic E-state index is -4.86. The van der Waals surface area contributed by atoms with Gasteiger partial charge in [-0.15, -0.1) is 13.2 Å². The van der Waals surface area contributed by atoms with Gasteiger partial charge in [-0.05, 0) is 35.9 Å². The molecule has 0 saturated carbocycles. The number of alkyl halides is 3. The molecule has 2 aromatic heterocycles. The Hall–Kier alpha value is -4.31. The van der Waals surface area contributed by atoms with Crippen molar-refractivity contribution in [3.05, 3.63) is 106 Å². The molecule has 1 N–H and O–H groups in total. The maximum absolute atomic E-state index is 13.3. The summed E-state index contributed by atoms with van der Waals surface area (Å²) in [5, 5.41) is 3.40. The Labute approximate surface area is 206 Å². The zero-order valence-electron chi connectivity index (χ0n) is 18.3. The van der Waals surface area contributed by atoms with Crippen LogP contribution in [0.3, 0.4) is 0 Å². The quantitative estimate of drug-likeness (QED) is 0.337. The number of imidazole rings is 1. The number of anilines is 1. The van der Waals surface area contributed by atoms with E-state index in [-0.39, 0.29) is 29.3 Å². The summed E-state index contributed by atoms with van der Waals surface area (Å²) >= 11 is 6.31. The van der Waals surface area contributed by atoms with Gasteiger partial charge in [0.2, 0.25) is 5.78 Å². The molecule has 5 rings (SSSR count). The third-order valence-electron chi connectivity index (χ3n) is 5.41. The van der Waals surface area contributed by atoms with Gasteiger partial charge in [-0.25, -0.2) is 4.98 Å². The smallest absolute Gasteiger partial charge is 0.406 e. The maximum Gasteiger partial charge on any atom is 0.573 e. The SMILES string of the molecule is O=C(Nc1cccc(OC(F)(F)F)c1)c1cn2c3ccccc3c(=O)n(Cc3ccccc3Cl)c2n1. The van der Waals surface area contributed by atoms with Crippen LogP contribution < -0.4 is 15.6 Å². The zero-order chi connectivity index (χ0) is 25.4. The van der Waals surface area contributed by atoms with E-state index in [0.29, 0.717) is 21.5 Å². The van der Waals surface area contributed by atoms with Crippen molar-refractivity contribution in [2.75, 3.05) is 5.32 Å². The van der Waals surface area contributed by atoms with Crippen molar-refractivity contribution in [2.45, 2.75) is 12.9 Å². The number of hydrogen-bond donors (Lipinski definition) is 1. The Morgan fingerprint density at radius 3 is 2.56 bits per heavy atom. The highest BCUT2D eigenvalue weighted by atomic mass is 35.5. The topological polar surface area (TPSA) is 77.6 Å². The molecule has 3 aromatic carbocycles. The monoisotopic (exact) mass is 512 g/mol. The van der Waals surface area contributed by atoms with Crippen LogP contribution in [0, 0.1) is 0 Å². The molecular weight excluding hydrogens is 497 g/mol. The van der Waals surface area contributed by atoms with E-state index in [9.17, 15) is 22.8 Å². The van der Waals surface area contributed by atoms with Gasteiger partial charge >= 0.3 is 6.36 Å². The van der Waals surface area contributed by atoms with Gasteiger partial charge in [0.15, 0.2) is 0 Å². The van der Waals surface area contributed by atoms with Gasteiger partial charge in [0.05, 0.1) is 17.4 Å². The Bertz CT molecular complexity index is 1680. The molecule has 0 fully saturated rings. The summed E-state index contributed by atoms with van der Waals surface area (Å²) in [6.45, 7) is 0.113. The van der Waals surface area contributed by atoms with E-state index in [4.69, 9.17) is 11.6 Å². The van der Waals surface area contributed by atoms with Gasteiger partial charge in [-0.3, -0.25) is 18.6 Å². The number of halogens is 4. The average molecular weight is 513 g/mol. The first-order chi connectivity index (χ1) is 17.2. The lowest BCUT2D eigenvalue weighted by Crippen LogP contribution is -2.24. The van der Waals surface area contributed by atoms with Crippen molar-refractivity contribution in [3.63, 3.8) is 0 Å². The number of carbonyl (C=O) groups excluding carboxylic acids is 1. The number of ether oxygens (including phenoxy) is 1. The third kappa shape index (κ3) is 4.63. The number of carbonyl (C=O) groups is 1. The fraction of sp³-hybridized carbons (Fsp3) is 0.0800. The molecule has 0 atom stereocenters. The van der Waals surface area contributed by atoms with Gasteiger partial charge in [-0.1, -0.05) is 48.0 Å². The number of aromatic nitrogens is 3. The lowest BCUT2D eigenvalue weighted by molar-refractivity contribution is -0.274. The molecular formula is C25H16ClF3N4O3. The molecule has 0 spiro atoms. The fourth-order valence-corrected chi connectivity index (χ4v) is 4.05. The van der Waals surface area contributed by atoms with Crippen LogP contribution >= 0.6 is 11.6 Å². The number of nitrogens with one attached hydrogen (secondary N) is 1. The van der Waals surface area contributed by atoms with Gasteiger partial charge in [-0.2, -0.15) is 0 Å². The molecule has 182 valence electrons. The first-order valence-electron chi connectivity index (χ1n) is 10.6.